The van der Waals surface area contributed by atoms with Gasteiger partial charge in [0.15, 0.2) is 11.6 Å². The van der Waals surface area contributed by atoms with E-state index in [-0.39, 0.29) is 11.9 Å². The van der Waals surface area contributed by atoms with Gasteiger partial charge in [-0.2, -0.15) is 0 Å². The average Bonchev–Trinajstić information content (AvgIpc) is 2.62. The molecular weight excluding hydrogens is 338 g/mol. The van der Waals surface area contributed by atoms with Gasteiger partial charge >= 0.3 is 0 Å². The van der Waals surface area contributed by atoms with Crippen molar-refractivity contribution in [3.8, 4) is 0 Å². The lowest BCUT2D eigenvalue weighted by atomic mass is 9.91. The van der Waals surface area contributed by atoms with Crippen LogP contribution >= 0.6 is 0 Å². The lowest BCUT2D eigenvalue weighted by Gasteiger charge is -2.33. The van der Waals surface area contributed by atoms with Crippen molar-refractivity contribution in [3.63, 3.8) is 0 Å². The molecule has 0 radical (unpaired) electrons. The van der Waals surface area contributed by atoms with Gasteiger partial charge in [-0.05, 0) is 56.2 Å². The van der Waals surface area contributed by atoms with Crippen molar-refractivity contribution < 1.29 is 13.6 Å². The lowest BCUT2D eigenvalue weighted by molar-refractivity contribution is 0.0666. The zero-order chi connectivity index (χ0) is 18.7. The Hall–Kier alpha value is -2.57. The first-order valence-electron chi connectivity index (χ1n) is 8.76. The molecule has 138 valence electrons. The molecule has 2 heterocycles. The number of nitrogens with two attached hydrogens (primary N) is 1. The van der Waals surface area contributed by atoms with Gasteiger partial charge in [-0.25, -0.2) is 18.7 Å². The molecule has 1 saturated heterocycles. The fraction of sp³-hybridized carbons (Fsp3) is 0.421. The van der Waals surface area contributed by atoms with Crippen molar-refractivity contribution in [2.75, 3.05) is 18.8 Å². The highest BCUT2D eigenvalue weighted by atomic mass is 19.2. The van der Waals surface area contributed by atoms with Gasteiger partial charge in [-0.3, -0.25) is 4.79 Å². The van der Waals surface area contributed by atoms with Crippen LogP contribution in [0.1, 0.15) is 40.9 Å². The highest BCUT2D eigenvalue weighted by Crippen LogP contribution is 2.24. The molecular formula is C19H22F2N4O. The Morgan fingerprint density at radius 2 is 2.15 bits per heavy atom. The summed E-state index contributed by atoms with van der Waals surface area (Å²) in [6.45, 7) is 3.09. The van der Waals surface area contributed by atoms with Crippen LogP contribution < -0.4 is 5.73 Å². The monoisotopic (exact) mass is 360 g/mol. The molecule has 26 heavy (non-hydrogen) atoms. The van der Waals surface area contributed by atoms with E-state index in [4.69, 9.17) is 5.73 Å². The molecule has 3 rings (SSSR count). The van der Waals surface area contributed by atoms with Gasteiger partial charge in [-0.1, -0.05) is 6.07 Å². The number of likely N-dealkylation sites (tertiary alicyclic amines) is 1. The Kier molecular flexibility index (Phi) is 5.44. The van der Waals surface area contributed by atoms with Gasteiger partial charge in [0.2, 0.25) is 5.95 Å². The van der Waals surface area contributed by atoms with Gasteiger partial charge in [0, 0.05) is 19.3 Å². The molecule has 0 saturated carbocycles. The van der Waals surface area contributed by atoms with Crippen molar-refractivity contribution in [1.29, 1.82) is 0 Å². The second-order valence-corrected chi connectivity index (χ2v) is 6.77. The Morgan fingerprint density at radius 1 is 1.35 bits per heavy atom. The minimum Gasteiger partial charge on any atom is -0.368 e. The smallest absolute Gasteiger partial charge is 0.257 e. The molecule has 0 aliphatic carbocycles. The fourth-order valence-corrected chi connectivity index (χ4v) is 3.42. The number of aryl methyl sites for hydroxylation is 2. The first-order chi connectivity index (χ1) is 12.4. The number of carbonyl (C=O) groups excluding carboxylic acids is 1. The van der Waals surface area contributed by atoms with Gasteiger partial charge in [0.25, 0.3) is 5.91 Å². The van der Waals surface area contributed by atoms with E-state index < -0.39 is 11.6 Å². The Balaban J connectivity index is 1.61. The summed E-state index contributed by atoms with van der Waals surface area (Å²) in [4.78, 5) is 22.5. The standard InChI is InChI=1S/C19H22F2N4O/c1-12-15(10-23-19(22)24-12)18(26)25-8-2-3-14(11-25)5-4-13-6-7-16(20)17(21)9-13/h6-7,9-10,14H,2-5,8,11H2,1H3,(H2,22,23,24). The van der Waals surface area contributed by atoms with Crippen LogP contribution in [0, 0.1) is 24.5 Å². The number of anilines is 1. The fourth-order valence-electron chi connectivity index (χ4n) is 3.42. The summed E-state index contributed by atoms with van der Waals surface area (Å²) in [5.41, 5.74) is 7.37. The molecule has 0 spiro atoms. The summed E-state index contributed by atoms with van der Waals surface area (Å²) in [6.07, 6.45) is 4.90. The largest absolute Gasteiger partial charge is 0.368 e. The Morgan fingerprint density at radius 3 is 2.88 bits per heavy atom. The number of piperidine rings is 1. The van der Waals surface area contributed by atoms with Crippen molar-refractivity contribution in [2.45, 2.75) is 32.6 Å². The number of carbonyl (C=O) groups is 1. The van der Waals surface area contributed by atoms with Crippen LogP contribution in [0.2, 0.25) is 0 Å². The number of nitrogen functional groups attached to an aromatic ring is 1. The number of nitrogens with zero attached hydrogens (tertiary/aromatic N) is 3. The lowest BCUT2D eigenvalue weighted by Crippen LogP contribution is -2.40. The molecule has 1 unspecified atom stereocenters. The van der Waals surface area contributed by atoms with Crippen LogP contribution in [0.25, 0.3) is 0 Å². The molecule has 1 amide bonds. The molecule has 1 aromatic heterocycles. The van der Waals surface area contributed by atoms with Crippen LogP contribution in [-0.2, 0) is 6.42 Å². The van der Waals surface area contributed by atoms with Crippen molar-refractivity contribution >= 4 is 11.9 Å². The Labute approximate surface area is 151 Å². The minimum absolute atomic E-state index is 0.0833. The highest BCUT2D eigenvalue weighted by molar-refractivity contribution is 5.95. The first kappa shape index (κ1) is 18.2. The molecule has 1 aliphatic heterocycles. The third kappa shape index (κ3) is 4.15. The number of hydrogen-bond acceptors (Lipinski definition) is 4. The van der Waals surface area contributed by atoms with Gasteiger partial charge in [0.05, 0.1) is 11.3 Å². The van der Waals surface area contributed by atoms with E-state index in [0.29, 0.717) is 36.7 Å². The van der Waals surface area contributed by atoms with E-state index in [1.807, 2.05) is 4.90 Å². The third-order valence-electron chi connectivity index (χ3n) is 4.86. The summed E-state index contributed by atoms with van der Waals surface area (Å²) in [7, 11) is 0. The summed E-state index contributed by atoms with van der Waals surface area (Å²) in [5, 5.41) is 0. The number of aromatic nitrogens is 2. The van der Waals surface area contributed by atoms with E-state index in [2.05, 4.69) is 9.97 Å². The van der Waals surface area contributed by atoms with E-state index in [1.165, 1.54) is 12.3 Å². The van der Waals surface area contributed by atoms with E-state index in [9.17, 15) is 13.6 Å². The maximum atomic E-state index is 13.3. The number of benzene rings is 1. The maximum Gasteiger partial charge on any atom is 0.257 e. The van der Waals surface area contributed by atoms with Gasteiger partial charge in [-0.15, -0.1) is 0 Å². The normalized spacial score (nSPS) is 17.3. The van der Waals surface area contributed by atoms with Crippen LogP contribution in [-0.4, -0.2) is 33.9 Å². The van der Waals surface area contributed by atoms with Crippen molar-refractivity contribution in [1.82, 2.24) is 14.9 Å². The quantitative estimate of drug-likeness (QED) is 0.909. The molecule has 1 fully saturated rings. The molecule has 5 nitrogen and oxygen atoms in total. The summed E-state index contributed by atoms with van der Waals surface area (Å²) in [5.74, 6) is -1.25. The maximum absolute atomic E-state index is 13.3. The molecule has 1 atom stereocenters. The van der Waals surface area contributed by atoms with Crippen LogP contribution in [0.3, 0.4) is 0 Å². The average molecular weight is 360 g/mol. The summed E-state index contributed by atoms with van der Waals surface area (Å²) in [6, 6.07) is 4.01. The second kappa shape index (κ2) is 7.76. The number of rotatable bonds is 4. The number of hydrogen-bond donors (Lipinski definition) is 1. The molecule has 1 aliphatic rings. The van der Waals surface area contributed by atoms with E-state index in [0.717, 1.165) is 30.9 Å². The third-order valence-corrected chi connectivity index (χ3v) is 4.86. The summed E-state index contributed by atoms with van der Waals surface area (Å²) < 4.78 is 26.3. The van der Waals surface area contributed by atoms with Gasteiger partial charge in [0.1, 0.15) is 0 Å². The minimum atomic E-state index is -0.829. The highest BCUT2D eigenvalue weighted by Gasteiger charge is 2.26. The predicted octanol–water partition coefficient (Wildman–Crippen LogP) is 3.13. The van der Waals surface area contributed by atoms with Crippen LogP contribution in [0.4, 0.5) is 14.7 Å². The molecule has 2 N–H and O–H groups in total. The Bertz CT molecular complexity index is 812. The SMILES string of the molecule is Cc1nc(N)ncc1C(=O)N1CCCC(CCc2ccc(F)c(F)c2)C1. The molecule has 2 aromatic rings. The summed E-state index contributed by atoms with van der Waals surface area (Å²) >= 11 is 0. The second-order valence-electron chi connectivity index (χ2n) is 6.77. The van der Waals surface area contributed by atoms with Crippen molar-refractivity contribution in [2.24, 2.45) is 5.92 Å². The zero-order valence-corrected chi connectivity index (χ0v) is 14.7. The zero-order valence-electron chi connectivity index (χ0n) is 14.7. The van der Waals surface area contributed by atoms with Crippen molar-refractivity contribution in [3.05, 3.63) is 52.9 Å². The molecule has 0 bridgehead atoms. The predicted molar refractivity (Wildman–Crippen MR) is 94.5 cm³/mol. The van der Waals surface area contributed by atoms with Gasteiger partial charge < -0.3 is 10.6 Å². The van der Waals surface area contributed by atoms with Crippen LogP contribution in [0.15, 0.2) is 24.4 Å². The first-order valence-corrected chi connectivity index (χ1v) is 8.76. The van der Waals surface area contributed by atoms with Crippen LogP contribution in [0.5, 0.6) is 0 Å². The van der Waals surface area contributed by atoms with E-state index >= 15 is 0 Å². The van der Waals surface area contributed by atoms with E-state index in [1.54, 1.807) is 13.0 Å². The molecule has 1 aromatic carbocycles. The molecule has 7 heteroatoms. The number of halogens is 2. The number of amides is 1. The topological polar surface area (TPSA) is 72.1 Å².